The Morgan fingerprint density at radius 3 is 2.76 bits per heavy atom. The van der Waals surface area contributed by atoms with Crippen molar-refractivity contribution in [3.63, 3.8) is 0 Å². The molecule has 0 atom stereocenters. The van der Waals surface area contributed by atoms with Crippen molar-refractivity contribution < 1.29 is 18.8 Å². The molecule has 0 heterocycles. The lowest BCUT2D eigenvalue weighted by atomic mass is 10.2. The first kappa shape index (κ1) is 14.9. The number of benzene rings is 2. The van der Waals surface area contributed by atoms with Crippen molar-refractivity contribution in [1.29, 1.82) is 0 Å². The summed E-state index contributed by atoms with van der Waals surface area (Å²) in [6.45, 7) is -0.240. The maximum Gasteiger partial charge on any atom is 0.305 e. The molecule has 0 aliphatic rings. The van der Waals surface area contributed by atoms with E-state index in [9.17, 15) is 19.3 Å². The molecule has 7 heteroatoms. The summed E-state index contributed by atoms with van der Waals surface area (Å²) in [5.74, 6) is -0.732. The third kappa shape index (κ3) is 3.35. The molecule has 2 aromatic carbocycles. The Morgan fingerprint density at radius 1 is 1.33 bits per heavy atom. The Morgan fingerprint density at radius 2 is 2.10 bits per heavy atom. The average molecular weight is 310 g/mol. The minimum atomic E-state index is -0.955. The molecule has 0 aromatic heterocycles. The van der Waals surface area contributed by atoms with Gasteiger partial charge >= 0.3 is 5.69 Å². The minimum absolute atomic E-state index is 0.0241. The van der Waals surface area contributed by atoms with Crippen molar-refractivity contribution in [2.45, 2.75) is 6.61 Å². The summed E-state index contributed by atoms with van der Waals surface area (Å²) in [6, 6.07) is 8.21. The van der Waals surface area contributed by atoms with Gasteiger partial charge in [-0.2, -0.15) is 4.39 Å². The highest BCUT2D eigenvalue weighted by Gasteiger charge is 2.17. The maximum absolute atomic E-state index is 13.9. The van der Waals surface area contributed by atoms with E-state index in [0.29, 0.717) is 11.3 Å². The van der Waals surface area contributed by atoms with E-state index >= 15 is 0 Å². The maximum atomic E-state index is 13.9. The fourth-order valence-corrected chi connectivity index (χ4v) is 1.90. The second kappa shape index (κ2) is 6.32. The van der Waals surface area contributed by atoms with E-state index in [1.54, 1.807) is 0 Å². The molecule has 108 valence electrons. The SMILES string of the molecule is O=Cc1cc(Cl)ccc1OCc1cccc([N+](=O)[O-])c1F. The van der Waals surface area contributed by atoms with E-state index in [0.717, 1.165) is 6.07 Å². The molecule has 2 aromatic rings. The van der Waals surface area contributed by atoms with Gasteiger partial charge in [0.1, 0.15) is 12.4 Å². The summed E-state index contributed by atoms with van der Waals surface area (Å²) in [7, 11) is 0. The van der Waals surface area contributed by atoms with Crippen molar-refractivity contribution in [3.05, 3.63) is 68.5 Å². The van der Waals surface area contributed by atoms with Crippen LogP contribution in [-0.4, -0.2) is 11.2 Å². The van der Waals surface area contributed by atoms with Gasteiger partial charge in [0.2, 0.25) is 5.82 Å². The summed E-state index contributed by atoms with van der Waals surface area (Å²) in [5, 5.41) is 11.0. The van der Waals surface area contributed by atoms with Gasteiger partial charge in [-0.15, -0.1) is 0 Å². The van der Waals surface area contributed by atoms with Crippen LogP contribution in [0.5, 0.6) is 5.75 Å². The largest absolute Gasteiger partial charge is 0.488 e. The van der Waals surface area contributed by atoms with Crippen LogP contribution < -0.4 is 4.74 Å². The van der Waals surface area contributed by atoms with Crippen molar-refractivity contribution in [3.8, 4) is 5.75 Å². The zero-order chi connectivity index (χ0) is 15.4. The number of nitro groups is 1. The minimum Gasteiger partial charge on any atom is -0.488 e. The molecule has 0 saturated carbocycles. The van der Waals surface area contributed by atoms with Gasteiger partial charge in [0.05, 0.1) is 10.5 Å². The molecule has 0 radical (unpaired) electrons. The highest BCUT2D eigenvalue weighted by Crippen LogP contribution is 2.24. The Kier molecular flexibility index (Phi) is 4.49. The lowest BCUT2D eigenvalue weighted by Crippen LogP contribution is -2.03. The first-order chi connectivity index (χ1) is 10.0. The highest BCUT2D eigenvalue weighted by molar-refractivity contribution is 6.30. The smallest absolute Gasteiger partial charge is 0.305 e. The number of halogens is 2. The van der Waals surface area contributed by atoms with E-state index in [1.807, 2.05) is 0 Å². The van der Waals surface area contributed by atoms with Crippen molar-refractivity contribution in [2.75, 3.05) is 0 Å². The normalized spacial score (nSPS) is 10.2. The summed E-state index contributed by atoms with van der Waals surface area (Å²) < 4.78 is 19.2. The molecule has 0 spiro atoms. The number of ether oxygens (including phenoxy) is 1. The number of rotatable bonds is 5. The van der Waals surface area contributed by atoms with Gasteiger partial charge in [-0.05, 0) is 18.2 Å². The zero-order valence-electron chi connectivity index (χ0n) is 10.6. The lowest BCUT2D eigenvalue weighted by molar-refractivity contribution is -0.387. The van der Waals surface area contributed by atoms with Crippen LogP contribution in [0.2, 0.25) is 5.02 Å². The quantitative estimate of drug-likeness (QED) is 0.479. The molecular formula is C14H9ClFNO4. The Labute approximate surface area is 124 Å². The Bertz CT molecular complexity index is 705. The van der Waals surface area contributed by atoms with Gasteiger partial charge in [0.25, 0.3) is 0 Å². The van der Waals surface area contributed by atoms with Crippen LogP contribution in [0.1, 0.15) is 15.9 Å². The van der Waals surface area contributed by atoms with Crippen LogP contribution >= 0.6 is 11.6 Å². The van der Waals surface area contributed by atoms with Crippen molar-refractivity contribution in [1.82, 2.24) is 0 Å². The second-order valence-corrected chi connectivity index (χ2v) is 4.53. The summed E-state index contributed by atoms with van der Waals surface area (Å²) in [5.41, 5.74) is -0.382. The third-order valence-electron chi connectivity index (χ3n) is 2.74. The summed E-state index contributed by atoms with van der Waals surface area (Å²) in [4.78, 5) is 20.7. The number of hydrogen-bond acceptors (Lipinski definition) is 4. The fourth-order valence-electron chi connectivity index (χ4n) is 1.72. The predicted molar refractivity (Wildman–Crippen MR) is 74.2 cm³/mol. The number of nitrogens with zero attached hydrogens (tertiary/aromatic N) is 1. The van der Waals surface area contributed by atoms with E-state index in [4.69, 9.17) is 16.3 Å². The van der Waals surface area contributed by atoms with Gasteiger partial charge < -0.3 is 4.74 Å². The number of hydrogen-bond donors (Lipinski definition) is 0. The number of carbonyl (C=O) groups excluding carboxylic acids is 1. The zero-order valence-corrected chi connectivity index (χ0v) is 11.3. The van der Waals surface area contributed by atoms with Crippen LogP contribution in [0.4, 0.5) is 10.1 Å². The first-order valence-corrected chi connectivity index (χ1v) is 6.20. The Balaban J connectivity index is 2.23. The van der Waals surface area contributed by atoms with Crippen molar-refractivity contribution in [2.24, 2.45) is 0 Å². The van der Waals surface area contributed by atoms with Gasteiger partial charge in [-0.3, -0.25) is 14.9 Å². The average Bonchev–Trinajstić information content (AvgIpc) is 2.46. The highest BCUT2D eigenvalue weighted by atomic mass is 35.5. The molecule has 0 aliphatic heterocycles. The molecule has 0 amide bonds. The van der Waals surface area contributed by atoms with E-state index in [-0.39, 0.29) is 23.5 Å². The number of carbonyl (C=O) groups is 1. The fraction of sp³-hybridized carbons (Fsp3) is 0.0714. The van der Waals surface area contributed by atoms with E-state index < -0.39 is 16.4 Å². The molecule has 5 nitrogen and oxygen atoms in total. The van der Waals surface area contributed by atoms with Crippen LogP contribution in [-0.2, 0) is 6.61 Å². The molecule has 0 aliphatic carbocycles. The van der Waals surface area contributed by atoms with Crippen LogP contribution in [0.25, 0.3) is 0 Å². The predicted octanol–water partition coefficient (Wildman–Crippen LogP) is 3.78. The van der Waals surface area contributed by atoms with Crippen molar-refractivity contribution >= 4 is 23.6 Å². The van der Waals surface area contributed by atoms with Crippen LogP contribution in [0.3, 0.4) is 0 Å². The second-order valence-electron chi connectivity index (χ2n) is 4.10. The molecule has 0 saturated heterocycles. The molecule has 0 fully saturated rings. The molecule has 0 bridgehead atoms. The number of aldehydes is 1. The lowest BCUT2D eigenvalue weighted by Gasteiger charge is -2.09. The number of nitro benzene ring substituents is 1. The van der Waals surface area contributed by atoms with E-state index in [1.165, 1.54) is 30.3 Å². The molecule has 21 heavy (non-hydrogen) atoms. The Hall–Kier alpha value is -2.47. The third-order valence-corrected chi connectivity index (χ3v) is 2.97. The summed E-state index contributed by atoms with van der Waals surface area (Å²) >= 11 is 5.74. The van der Waals surface area contributed by atoms with Gasteiger partial charge in [0, 0.05) is 16.7 Å². The van der Waals surface area contributed by atoms with Gasteiger partial charge in [-0.1, -0.05) is 23.7 Å². The molecule has 0 N–H and O–H groups in total. The van der Waals surface area contributed by atoms with E-state index in [2.05, 4.69) is 0 Å². The molecule has 2 rings (SSSR count). The van der Waals surface area contributed by atoms with Gasteiger partial charge in [0.15, 0.2) is 6.29 Å². The standard InChI is InChI=1S/C14H9ClFNO4/c15-11-4-5-13(10(6-11)7-18)21-8-9-2-1-3-12(14(9)16)17(19)20/h1-7H,8H2. The van der Waals surface area contributed by atoms with Crippen LogP contribution in [0.15, 0.2) is 36.4 Å². The monoisotopic (exact) mass is 309 g/mol. The topological polar surface area (TPSA) is 69.4 Å². The first-order valence-electron chi connectivity index (χ1n) is 5.82. The molecular weight excluding hydrogens is 301 g/mol. The van der Waals surface area contributed by atoms with Crippen LogP contribution in [0, 0.1) is 15.9 Å². The molecule has 0 unspecified atom stereocenters. The van der Waals surface area contributed by atoms with Gasteiger partial charge in [-0.25, -0.2) is 0 Å². The summed E-state index contributed by atoms with van der Waals surface area (Å²) in [6.07, 6.45) is 0.561.